The minimum absolute atomic E-state index is 0.746. The SMILES string of the molecule is CC(=O)C(F)(F)CCF. The molecule has 0 unspecified atom stereocenters. The van der Waals surface area contributed by atoms with Crippen LogP contribution in [0.15, 0.2) is 0 Å². The third-order valence-electron chi connectivity index (χ3n) is 0.924. The van der Waals surface area contributed by atoms with Crippen molar-refractivity contribution in [1.29, 1.82) is 0 Å². The Hall–Kier alpha value is -0.540. The van der Waals surface area contributed by atoms with Gasteiger partial charge < -0.3 is 0 Å². The lowest BCUT2D eigenvalue weighted by molar-refractivity contribution is -0.141. The second-order valence-electron chi connectivity index (χ2n) is 1.70. The lowest BCUT2D eigenvalue weighted by atomic mass is 10.2. The average molecular weight is 140 g/mol. The van der Waals surface area contributed by atoms with Crippen molar-refractivity contribution in [2.45, 2.75) is 19.3 Å². The van der Waals surface area contributed by atoms with Gasteiger partial charge in [-0.05, 0) is 0 Å². The van der Waals surface area contributed by atoms with Gasteiger partial charge in [0.25, 0.3) is 0 Å². The van der Waals surface area contributed by atoms with Crippen LogP contribution in [0.1, 0.15) is 13.3 Å². The van der Waals surface area contributed by atoms with Crippen molar-refractivity contribution in [2.75, 3.05) is 6.67 Å². The molecule has 54 valence electrons. The Morgan fingerprint density at radius 1 is 1.56 bits per heavy atom. The largest absolute Gasteiger partial charge is 0.307 e. The van der Waals surface area contributed by atoms with Crippen molar-refractivity contribution < 1.29 is 18.0 Å². The lowest BCUT2D eigenvalue weighted by Gasteiger charge is -2.08. The Balaban J connectivity index is 3.85. The number of hydrogen-bond donors (Lipinski definition) is 0. The first-order chi connectivity index (χ1) is 4.00. The summed E-state index contributed by atoms with van der Waals surface area (Å²) in [5.74, 6) is -4.74. The number of carbonyl (C=O) groups excluding carboxylic acids is 1. The number of rotatable bonds is 3. The van der Waals surface area contributed by atoms with E-state index in [0.29, 0.717) is 0 Å². The molecule has 0 fully saturated rings. The molecular formula is C5H7F3O. The van der Waals surface area contributed by atoms with Crippen LogP contribution in [0, 0.1) is 0 Å². The number of alkyl halides is 3. The zero-order chi connectivity index (χ0) is 7.49. The van der Waals surface area contributed by atoms with E-state index < -0.39 is 24.8 Å². The van der Waals surface area contributed by atoms with Crippen molar-refractivity contribution in [2.24, 2.45) is 0 Å². The van der Waals surface area contributed by atoms with E-state index in [1.807, 2.05) is 0 Å². The van der Waals surface area contributed by atoms with Gasteiger partial charge >= 0.3 is 5.92 Å². The number of halogens is 3. The van der Waals surface area contributed by atoms with E-state index in [1.54, 1.807) is 0 Å². The molecule has 0 radical (unpaired) electrons. The van der Waals surface area contributed by atoms with Crippen molar-refractivity contribution in [3.05, 3.63) is 0 Å². The minimum Gasteiger partial charge on any atom is -0.293 e. The van der Waals surface area contributed by atoms with Gasteiger partial charge in [0.05, 0.1) is 6.67 Å². The maximum Gasteiger partial charge on any atom is 0.307 e. The molecule has 0 atom stereocenters. The van der Waals surface area contributed by atoms with Crippen LogP contribution in [0.2, 0.25) is 0 Å². The Morgan fingerprint density at radius 3 is 2.11 bits per heavy atom. The van der Waals surface area contributed by atoms with Gasteiger partial charge in [-0.15, -0.1) is 0 Å². The van der Waals surface area contributed by atoms with E-state index >= 15 is 0 Å². The van der Waals surface area contributed by atoms with Crippen LogP contribution in [-0.4, -0.2) is 18.4 Å². The summed E-state index contributed by atoms with van der Waals surface area (Å²) in [7, 11) is 0. The summed E-state index contributed by atoms with van der Waals surface area (Å²) < 4.78 is 35.1. The molecule has 0 aromatic carbocycles. The van der Waals surface area contributed by atoms with Gasteiger partial charge in [-0.25, -0.2) is 0 Å². The van der Waals surface area contributed by atoms with Crippen LogP contribution in [0.5, 0.6) is 0 Å². The first-order valence-corrected chi connectivity index (χ1v) is 2.45. The third kappa shape index (κ3) is 2.49. The quantitative estimate of drug-likeness (QED) is 0.581. The van der Waals surface area contributed by atoms with E-state index in [-0.39, 0.29) is 0 Å². The van der Waals surface area contributed by atoms with E-state index in [2.05, 4.69) is 0 Å². The van der Waals surface area contributed by atoms with Crippen molar-refractivity contribution in [3.8, 4) is 0 Å². The van der Waals surface area contributed by atoms with E-state index in [9.17, 15) is 18.0 Å². The monoisotopic (exact) mass is 140 g/mol. The molecule has 0 rings (SSSR count). The van der Waals surface area contributed by atoms with E-state index in [0.717, 1.165) is 6.92 Å². The van der Waals surface area contributed by atoms with Gasteiger partial charge in [-0.3, -0.25) is 9.18 Å². The fourth-order valence-corrected chi connectivity index (χ4v) is 0.295. The van der Waals surface area contributed by atoms with Crippen LogP contribution in [0.3, 0.4) is 0 Å². The standard InChI is InChI=1S/C5H7F3O/c1-4(9)5(7,8)2-3-6/h2-3H2,1H3. The molecule has 4 heteroatoms. The van der Waals surface area contributed by atoms with Crippen molar-refractivity contribution >= 4 is 5.78 Å². The van der Waals surface area contributed by atoms with Gasteiger partial charge in [-0.1, -0.05) is 0 Å². The minimum atomic E-state index is -3.46. The summed E-state index contributed by atoms with van der Waals surface area (Å²) in [6, 6.07) is 0. The fourth-order valence-electron chi connectivity index (χ4n) is 0.295. The topological polar surface area (TPSA) is 17.1 Å². The zero-order valence-corrected chi connectivity index (χ0v) is 4.96. The third-order valence-corrected chi connectivity index (χ3v) is 0.924. The highest BCUT2D eigenvalue weighted by Crippen LogP contribution is 2.18. The fraction of sp³-hybridized carbons (Fsp3) is 0.800. The second-order valence-corrected chi connectivity index (χ2v) is 1.70. The normalized spacial score (nSPS) is 11.6. The number of hydrogen-bond acceptors (Lipinski definition) is 1. The summed E-state index contributed by atoms with van der Waals surface area (Å²) in [6.45, 7) is -0.414. The number of carbonyl (C=O) groups is 1. The predicted molar refractivity (Wildman–Crippen MR) is 26.2 cm³/mol. The molecule has 0 amide bonds. The molecule has 9 heavy (non-hydrogen) atoms. The van der Waals surface area contributed by atoms with E-state index in [1.165, 1.54) is 0 Å². The second kappa shape index (κ2) is 2.85. The van der Waals surface area contributed by atoms with Gasteiger partial charge in [0.1, 0.15) is 0 Å². The number of Topliss-reactive ketones (excluding diaryl/α,β-unsaturated/α-hetero) is 1. The molecule has 0 saturated carbocycles. The first kappa shape index (κ1) is 8.46. The predicted octanol–water partition coefficient (Wildman–Crippen LogP) is 1.57. The van der Waals surface area contributed by atoms with Gasteiger partial charge in [0.2, 0.25) is 0 Å². The summed E-state index contributed by atoms with van der Waals surface area (Å²) in [6.07, 6.45) is -0.998. The van der Waals surface area contributed by atoms with Crippen LogP contribution in [0.25, 0.3) is 0 Å². The summed E-state index contributed by atoms with van der Waals surface area (Å²) in [5, 5.41) is 0. The highest BCUT2D eigenvalue weighted by molar-refractivity contribution is 5.82. The molecule has 0 aliphatic carbocycles. The molecule has 0 aliphatic rings. The summed E-state index contributed by atoms with van der Waals surface area (Å²) in [4.78, 5) is 9.94. The van der Waals surface area contributed by atoms with Crippen LogP contribution in [-0.2, 0) is 4.79 Å². The lowest BCUT2D eigenvalue weighted by Crippen LogP contribution is -2.26. The summed E-state index contributed by atoms with van der Waals surface area (Å²) in [5.41, 5.74) is 0. The summed E-state index contributed by atoms with van der Waals surface area (Å²) >= 11 is 0. The Kier molecular flexibility index (Phi) is 2.67. The Bertz CT molecular complexity index is 111. The smallest absolute Gasteiger partial charge is 0.293 e. The van der Waals surface area contributed by atoms with E-state index in [4.69, 9.17) is 0 Å². The van der Waals surface area contributed by atoms with Crippen LogP contribution < -0.4 is 0 Å². The zero-order valence-electron chi connectivity index (χ0n) is 4.96. The first-order valence-electron chi connectivity index (χ1n) is 2.45. The highest BCUT2D eigenvalue weighted by Gasteiger charge is 2.34. The van der Waals surface area contributed by atoms with Crippen molar-refractivity contribution in [3.63, 3.8) is 0 Å². The molecule has 0 bridgehead atoms. The van der Waals surface area contributed by atoms with Gasteiger partial charge in [-0.2, -0.15) is 8.78 Å². The molecule has 0 aromatic heterocycles. The van der Waals surface area contributed by atoms with Crippen LogP contribution >= 0.6 is 0 Å². The van der Waals surface area contributed by atoms with Gasteiger partial charge in [0.15, 0.2) is 5.78 Å². The maximum atomic E-state index is 12.0. The Morgan fingerprint density at radius 2 is 2.00 bits per heavy atom. The average Bonchev–Trinajstić information content (AvgIpc) is 1.65. The molecule has 0 heterocycles. The molecule has 0 spiro atoms. The molecule has 0 N–H and O–H groups in total. The molecular weight excluding hydrogens is 133 g/mol. The molecule has 1 nitrogen and oxygen atoms in total. The highest BCUT2D eigenvalue weighted by atomic mass is 19.3. The number of ketones is 1. The molecule has 0 aromatic rings. The Labute approximate surface area is 50.9 Å². The maximum absolute atomic E-state index is 12.0. The van der Waals surface area contributed by atoms with Gasteiger partial charge in [0, 0.05) is 13.3 Å². The molecule has 0 aliphatic heterocycles. The van der Waals surface area contributed by atoms with Crippen molar-refractivity contribution in [1.82, 2.24) is 0 Å². The van der Waals surface area contributed by atoms with Crippen LogP contribution in [0.4, 0.5) is 13.2 Å². The molecule has 0 saturated heterocycles.